The Kier molecular flexibility index (Phi) is 46.8. The van der Waals surface area contributed by atoms with Crippen LogP contribution < -0.4 is 5.32 Å². The average Bonchev–Trinajstić information content (AvgIpc) is 2.96. The zero-order chi connectivity index (χ0) is 63.3. The largest absolute Gasteiger partial charge is 0.394 e. The van der Waals surface area contributed by atoms with E-state index in [9.17, 15) is 61.0 Å². The van der Waals surface area contributed by atoms with E-state index in [-0.39, 0.29) is 18.9 Å². The fourth-order valence-corrected chi connectivity index (χ4v) is 12.3. The van der Waals surface area contributed by atoms with Crippen LogP contribution in [0, 0.1) is 0 Å². The lowest BCUT2D eigenvalue weighted by molar-refractivity contribution is -0.379. The SMILES string of the molecule is CCCCCCC/C=C\CCCCCCCC(=O)NC(COC1OC(CO)C(OC2OC(CO)C(OC3OC(CO)C(O)C(O)C3O)C(O)C2O)C(O)C1O)C(O)CCCCCCCCCCCCCCCCCCCCCCCCCCCCCC. The molecule has 3 aliphatic rings. The summed E-state index contributed by atoms with van der Waals surface area (Å²) < 4.78 is 34.4. The van der Waals surface area contributed by atoms with Gasteiger partial charge in [0.1, 0.15) is 73.2 Å². The first kappa shape index (κ1) is 79.8. The molecule has 0 aromatic heterocycles. The number of aliphatic hydroxyl groups excluding tert-OH is 11. The van der Waals surface area contributed by atoms with E-state index in [1.807, 2.05) is 0 Å². The van der Waals surface area contributed by atoms with Crippen molar-refractivity contribution in [1.29, 1.82) is 0 Å². The van der Waals surface area contributed by atoms with E-state index in [1.54, 1.807) is 0 Å². The number of hydrogen-bond donors (Lipinski definition) is 12. The Balaban J connectivity index is 1.39. The number of ether oxygens (including phenoxy) is 6. The maximum absolute atomic E-state index is 13.4. The van der Waals surface area contributed by atoms with E-state index >= 15 is 0 Å². The number of allylic oxidation sites excluding steroid dienone is 2. The van der Waals surface area contributed by atoms with E-state index in [4.69, 9.17) is 28.4 Å². The highest BCUT2D eigenvalue weighted by Gasteiger charge is 2.53. The zero-order valence-corrected chi connectivity index (χ0v) is 54.3. The van der Waals surface area contributed by atoms with Gasteiger partial charge in [0.15, 0.2) is 18.9 Å². The minimum absolute atomic E-state index is 0.248. The third-order valence-corrected chi connectivity index (χ3v) is 18.1. The summed E-state index contributed by atoms with van der Waals surface area (Å²) >= 11 is 0. The molecular formula is C68H129NO18. The number of hydrogen-bond acceptors (Lipinski definition) is 18. The molecule has 0 saturated carbocycles. The lowest BCUT2D eigenvalue weighted by Gasteiger charge is -2.48. The predicted octanol–water partition coefficient (Wildman–Crippen LogP) is 9.28. The molecule has 19 nitrogen and oxygen atoms in total. The maximum Gasteiger partial charge on any atom is 0.220 e. The van der Waals surface area contributed by atoms with Gasteiger partial charge in [0.2, 0.25) is 5.91 Å². The lowest BCUT2D eigenvalue weighted by Crippen LogP contribution is -2.66. The van der Waals surface area contributed by atoms with Gasteiger partial charge in [-0.2, -0.15) is 0 Å². The van der Waals surface area contributed by atoms with Crippen molar-refractivity contribution in [3.8, 4) is 0 Å². The molecule has 3 rings (SSSR count). The molecule has 514 valence electrons. The van der Waals surface area contributed by atoms with Crippen LogP contribution >= 0.6 is 0 Å². The van der Waals surface area contributed by atoms with Crippen LogP contribution in [0.25, 0.3) is 0 Å². The molecule has 1 amide bonds. The number of carbonyl (C=O) groups is 1. The molecule has 0 aromatic carbocycles. The molecule has 3 fully saturated rings. The molecule has 0 bridgehead atoms. The smallest absolute Gasteiger partial charge is 0.220 e. The van der Waals surface area contributed by atoms with Gasteiger partial charge < -0.3 is 89.9 Å². The van der Waals surface area contributed by atoms with Crippen molar-refractivity contribution in [2.45, 2.75) is 388 Å². The van der Waals surface area contributed by atoms with Crippen LogP contribution in [0.4, 0.5) is 0 Å². The van der Waals surface area contributed by atoms with Crippen molar-refractivity contribution in [1.82, 2.24) is 5.32 Å². The minimum Gasteiger partial charge on any atom is -0.394 e. The van der Waals surface area contributed by atoms with Crippen molar-refractivity contribution in [3.63, 3.8) is 0 Å². The quantitative estimate of drug-likeness (QED) is 0.0199. The number of unbranched alkanes of at least 4 members (excludes halogenated alkanes) is 37. The molecule has 12 N–H and O–H groups in total. The van der Waals surface area contributed by atoms with Crippen molar-refractivity contribution in [2.24, 2.45) is 0 Å². The molecule has 0 radical (unpaired) electrons. The van der Waals surface area contributed by atoms with Crippen LogP contribution in [0.3, 0.4) is 0 Å². The average molecular weight is 1250 g/mol. The van der Waals surface area contributed by atoms with E-state index in [1.165, 1.54) is 186 Å². The monoisotopic (exact) mass is 1250 g/mol. The van der Waals surface area contributed by atoms with Crippen LogP contribution in [0.1, 0.15) is 284 Å². The topological polar surface area (TPSA) is 307 Å². The van der Waals surface area contributed by atoms with E-state index in [0.29, 0.717) is 12.8 Å². The van der Waals surface area contributed by atoms with Crippen LogP contribution in [-0.4, -0.2) is 193 Å². The van der Waals surface area contributed by atoms with Crippen LogP contribution in [0.2, 0.25) is 0 Å². The maximum atomic E-state index is 13.4. The van der Waals surface area contributed by atoms with Gasteiger partial charge in [0.25, 0.3) is 0 Å². The number of carbonyl (C=O) groups excluding carboxylic acids is 1. The van der Waals surface area contributed by atoms with Gasteiger partial charge in [-0.25, -0.2) is 0 Å². The Hall–Kier alpha value is -1.47. The summed E-state index contributed by atoms with van der Waals surface area (Å²) in [5.41, 5.74) is 0. The second kappa shape index (κ2) is 51.0. The first-order valence-corrected chi connectivity index (χ1v) is 35.4. The third kappa shape index (κ3) is 33.3. The summed E-state index contributed by atoms with van der Waals surface area (Å²) in [5, 5.41) is 121. The second-order valence-electron chi connectivity index (χ2n) is 25.7. The Morgan fingerprint density at radius 3 is 1.11 bits per heavy atom. The number of aliphatic hydroxyl groups is 11. The van der Waals surface area contributed by atoms with E-state index in [2.05, 4.69) is 31.3 Å². The first-order chi connectivity index (χ1) is 42.3. The number of rotatable bonds is 55. The lowest BCUT2D eigenvalue weighted by atomic mass is 9.96. The molecule has 17 unspecified atom stereocenters. The van der Waals surface area contributed by atoms with Gasteiger partial charge in [-0.15, -0.1) is 0 Å². The molecule has 87 heavy (non-hydrogen) atoms. The number of amides is 1. The third-order valence-electron chi connectivity index (χ3n) is 18.1. The van der Waals surface area contributed by atoms with Crippen molar-refractivity contribution >= 4 is 5.91 Å². The summed E-state index contributed by atoms with van der Waals surface area (Å²) in [7, 11) is 0. The summed E-state index contributed by atoms with van der Waals surface area (Å²) in [6.07, 6.45) is 28.8. The fourth-order valence-electron chi connectivity index (χ4n) is 12.3. The molecular weight excluding hydrogens is 1120 g/mol. The van der Waals surface area contributed by atoms with Gasteiger partial charge in [-0.1, -0.05) is 251 Å². The van der Waals surface area contributed by atoms with Gasteiger partial charge >= 0.3 is 0 Å². The highest BCUT2D eigenvalue weighted by molar-refractivity contribution is 5.76. The molecule has 3 heterocycles. The molecule has 17 atom stereocenters. The molecule has 0 spiro atoms. The summed E-state index contributed by atoms with van der Waals surface area (Å²) in [4.78, 5) is 13.4. The van der Waals surface area contributed by atoms with Crippen LogP contribution in [-0.2, 0) is 33.2 Å². The highest BCUT2D eigenvalue weighted by Crippen LogP contribution is 2.33. The highest BCUT2D eigenvalue weighted by atomic mass is 16.8. The normalized spacial score (nSPS) is 28.6. The fraction of sp³-hybridized carbons (Fsp3) is 0.956. The minimum atomic E-state index is -1.97. The second-order valence-corrected chi connectivity index (χ2v) is 25.7. The van der Waals surface area contributed by atoms with E-state index in [0.717, 1.165) is 64.2 Å². The van der Waals surface area contributed by atoms with Crippen molar-refractivity contribution in [3.05, 3.63) is 12.2 Å². The Morgan fingerprint density at radius 1 is 0.402 bits per heavy atom. The van der Waals surface area contributed by atoms with Crippen molar-refractivity contribution in [2.75, 3.05) is 26.4 Å². The Labute approximate surface area is 525 Å². The van der Waals surface area contributed by atoms with Gasteiger partial charge in [-0.3, -0.25) is 4.79 Å². The van der Waals surface area contributed by atoms with Gasteiger partial charge in [-0.05, 0) is 38.5 Å². The Morgan fingerprint density at radius 2 is 0.724 bits per heavy atom. The zero-order valence-electron chi connectivity index (χ0n) is 54.3. The van der Waals surface area contributed by atoms with Gasteiger partial charge in [0.05, 0.1) is 38.6 Å². The van der Waals surface area contributed by atoms with Crippen LogP contribution in [0.15, 0.2) is 12.2 Å². The van der Waals surface area contributed by atoms with Gasteiger partial charge in [0, 0.05) is 6.42 Å². The standard InChI is InChI=1S/C68H129NO18/c1-3-5-7-9-11-13-15-17-19-20-21-22-23-24-25-26-27-28-29-30-31-32-33-35-37-39-41-43-45-52(73)51(69-56(74)46-44-42-40-38-36-34-18-16-14-12-10-8-6-4-2)50-82-66-62(80)59(77)64(54(48-71)84-66)87-68-63(81)60(78)65(55(49-72)85-68)86-67-61(79)58(76)57(75)53(47-70)83-67/h16,18,51-55,57-68,70-73,75-81H,3-15,17,19-50H2,1-2H3,(H,69,74)/b18-16-. The number of nitrogens with one attached hydrogen (secondary N) is 1. The van der Waals surface area contributed by atoms with Crippen molar-refractivity contribution < 1.29 is 89.4 Å². The Bertz CT molecular complexity index is 1630. The summed E-state index contributed by atoms with van der Waals surface area (Å²) in [5.74, 6) is -0.248. The molecule has 0 aromatic rings. The predicted molar refractivity (Wildman–Crippen MR) is 337 cm³/mol. The van der Waals surface area contributed by atoms with E-state index < -0.39 is 124 Å². The van der Waals surface area contributed by atoms with Crippen LogP contribution in [0.5, 0.6) is 0 Å². The molecule has 3 saturated heterocycles. The summed E-state index contributed by atoms with van der Waals surface area (Å²) in [6.45, 7) is 1.81. The molecule has 19 heteroatoms. The molecule has 0 aliphatic carbocycles. The first-order valence-electron chi connectivity index (χ1n) is 35.4. The summed E-state index contributed by atoms with van der Waals surface area (Å²) in [6, 6.07) is -0.889. The molecule has 3 aliphatic heterocycles.